The van der Waals surface area contributed by atoms with E-state index in [9.17, 15) is 4.79 Å². The van der Waals surface area contributed by atoms with Crippen molar-refractivity contribution in [3.63, 3.8) is 0 Å². The van der Waals surface area contributed by atoms with Crippen molar-refractivity contribution in [2.75, 3.05) is 13.1 Å². The van der Waals surface area contributed by atoms with Crippen LogP contribution in [0.15, 0.2) is 22.6 Å². The van der Waals surface area contributed by atoms with E-state index in [4.69, 9.17) is 10.2 Å². The zero-order valence-electron chi connectivity index (χ0n) is 11.7. The highest BCUT2D eigenvalue weighted by Gasteiger charge is 2.28. The van der Waals surface area contributed by atoms with Crippen molar-refractivity contribution < 1.29 is 9.21 Å². The van der Waals surface area contributed by atoms with Crippen molar-refractivity contribution in [2.24, 2.45) is 5.73 Å². The molecule has 1 aliphatic rings. The molecule has 1 amide bonds. The summed E-state index contributed by atoms with van der Waals surface area (Å²) in [5.41, 5.74) is 8.64. The number of hydrogen-bond acceptors (Lipinski definition) is 3. The SMILES string of the molecule is Cc1c(C(=O)N2CC[C@@H](N)C2)oc2c(C)cccc12.Cl. The lowest BCUT2D eigenvalue weighted by molar-refractivity contribution is 0.0760. The molecule has 108 valence electrons. The molecule has 1 aromatic carbocycles. The van der Waals surface area contributed by atoms with Crippen LogP contribution in [-0.2, 0) is 0 Å². The molecule has 1 fully saturated rings. The molecule has 0 aliphatic carbocycles. The second-order valence-electron chi connectivity index (χ2n) is 5.31. The number of carbonyl (C=O) groups is 1. The van der Waals surface area contributed by atoms with Crippen molar-refractivity contribution in [1.29, 1.82) is 0 Å². The van der Waals surface area contributed by atoms with Gasteiger partial charge in [0.05, 0.1) is 0 Å². The molecule has 2 N–H and O–H groups in total. The summed E-state index contributed by atoms with van der Waals surface area (Å²) in [5.74, 6) is 0.416. The van der Waals surface area contributed by atoms with Gasteiger partial charge in [0.15, 0.2) is 5.76 Å². The van der Waals surface area contributed by atoms with Crippen molar-refractivity contribution in [3.8, 4) is 0 Å². The first-order chi connectivity index (χ1) is 9.08. The summed E-state index contributed by atoms with van der Waals surface area (Å²) in [6, 6.07) is 6.06. The van der Waals surface area contributed by atoms with Crippen LogP contribution in [0.5, 0.6) is 0 Å². The number of furan rings is 1. The van der Waals surface area contributed by atoms with Crippen LogP contribution in [0, 0.1) is 13.8 Å². The number of carbonyl (C=O) groups excluding carboxylic acids is 1. The van der Waals surface area contributed by atoms with Gasteiger partial charge in [-0.3, -0.25) is 4.79 Å². The fraction of sp³-hybridized carbons (Fsp3) is 0.400. The number of halogens is 1. The third-order valence-corrected chi connectivity index (χ3v) is 3.87. The van der Waals surface area contributed by atoms with E-state index in [0.29, 0.717) is 12.3 Å². The normalized spacial score (nSPS) is 18.4. The summed E-state index contributed by atoms with van der Waals surface area (Å²) in [4.78, 5) is 14.3. The van der Waals surface area contributed by atoms with E-state index in [1.54, 1.807) is 4.90 Å². The summed E-state index contributed by atoms with van der Waals surface area (Å²) >= 11 is 0. The summed E-state index contributed by atoms with van der Waals surface area (Å²) in [6.45, 7) is 5.27. The quantitative estimate of drug-likeness (QED) is 0.879. The molecule has 0 bridgehead atoms. The number of benzene rings is 1. The summed E-state index contributed by atoms with van der Waals surface area (Å²) in [6.07, 6.45) is 0.865. The molecule has 2 heterocycles. The fourth-order valence-corrected chi connectivity index (χ4v) is 2.70. The number of likely N-dealkylation sites (tertiary alicyclic amines) is 1. The maximum Gasteiger partial charge on any atom is 0.289 e. The molecule has 1 atom stereocenters. The molecule has 5 heteroatoms. The van der Waals surface area contributed by atoms with Gasteiger partial charge in [0, 0.05) is 30.1 Å². The first kappa shape index (κ1) is 14.9. The molecular weight excluding hydrogens is 276 g/mol. The van der Waals surface area contributed by atoms with Crippen LogP contribution in [0.2, 0.25) is 0 Å². The van der Waals surface area contributed by atoms with Crippen LogP contribution < -0.4 is 5.73 Å². The lowest BCUT2D eigenvalue weighted by atomic mass is 10.1. The zero-order chi connectivity index (χ0) is 13.6. The predicted molar refractivity (Wildman–Crippen MR) is 81.4 cm³/mol. The highest BCUT2D eigenvalue weighted by Crippen LogP contribution is 2.29. The van der Waals surface area contributed by atoms with Crippen molar-refractivity contribution in [1.82, 2.24) is 4.90 Å². The topological polar surface area (TPSA) is 59.5 Å². The van der Waals surface area contributed by atoms with Crippen LogP contribution in [0.25, 0.3) is 11.0 Å². The molecule has 0 saturated carbocycles. The zero-order valence-corrected chi connectivity index (χ0v) is 12.5. The van der Waals surface area contributed by atoms with Gasteiger partial charge >= 0.3 is 0 Å². The monoisotopic (exact) mass is 294 g/mol. The van der Waals surface area contributed by atoms with E-state index in [2.05, 4.69) is 0 Å². The third kappa shape index (κ3) is 2.30. The minimum atomic E-state index is -0.0407. The summed E-state index contributed by atoms with van der Waals surface area (Å²) in [5, 5.41) is 1.02. The number of rotatable bonds is 1. The highest BCUT2D eigenvalue weighted by molar-refractivity contribution is 5.99. The predicted octanol–water partition coefficient (Wildman–Crippen LogP) is 2.64. The first-order valence-corrected chi connectivity index (χ1v) is 6.61. The molecule has 1 saturated heterocycles. The Kier molecular flexibility index (Phi) is 4.06. The van der Waals surface area contributed by atoms with E-state index in [1.165, 1.54) is 0 Å². The molecule has 20 heavy (non-hydrogen) atoms. The van der Waals surface area contributed by atoms with Crippen molar-refractivity contribution in [2.45, 2.75) is 26.3 Å². The molecule has 3 rings (SSSR count). The van der Waals surface area contributed by atoms with E-state index in [1.807, 2.05) is 32.0 Å². The van der Waals surface area contributed by atoms with E-state index in [-0.39, 0.29) is 24.4 Å². The second kappa shape index (κ2) is 5.46. The van der Waals surface area contributed by atoms with Crippen LogP contribution in [-0.4, -0.2) is 29.9 Å². The minimum absolute atomic E-state index is 0. The maximum absolute atomic E-state index is 12.5. The number of para-hydroxylation sites is 1. The van der Waals surface area contributed by atoms with E-state index in [0.717, 1.165) is 35.1 Å². The Morgan fingerprint density at radius 2 is 2.15 bits per heavy atom. The number of nitrogens with zero attached hydrogens (tertiary/aromatic N) is 1. The van der Waals surface area contributed by atoms with Gasteiger partial charge < -0.3 is 15.1 Å². The molecule has 2 aromatic rings. The Morgan fingerprint density at radius 3 is 2.75 bits per heavy atom. The standard InChI is InChI=1S/C15H18N2O2.ClH/c1-9-4-3-5-12-10(2)14(19-13(9)12)15(18)17-7-6-11(16)8-17;/h3-5,11H,6-8,16H2,1-2H3;1H/t11-;/m1./s1. The Labute approximate surface area is 124 Å². The maximum atomic E-state index is 12.5. The van der Waals surface area contributed by atoms with Crippen LogP contribution in [0.3, 0.4) is 0 Å². The Morgan fingerprint density at radius 1 is 1.40 bits per heavy atom. The highest BCUT2D eigenvalue weighted by atomic mass is 35.5. The number of hydrogen-bond donors (Lipinski definition) is 1. The van der Waals surface area contributed by atoms with Gasteiger partial charge in [-0.15, -0.1) is 12.4 Å². The average Bonchev–Trinajstić information content (AvgIpc) is 2.95. The van der Waals surface area contributed by atoms with Gasteiger partial charge in [-0.25, -0.2) is 0 Å². The van der Waals surface area contributed by atoms with Gasteiger partial charge in [-0.05, 0) is 25.8 Å². The molecule has 0 unspecified atom stereocenters. The summed E-state index contributed by atoms with van der Waals surface area (Å²) in [7, 11) is 0. The fourth-order valence-electron chi connectivity index (χ4n) is 2.70. The van der Waals surface area contributed by atoms with Gasteiger partial charge in [-0.1, -0.05) is 18.2 Å². The first-order valence-electron chi connectivity index (χ1n) is 6.61. The molecule has 0 spiro atoms. The molecule has 1 aliphatic heterocycles. The number of aryl methyl sites for hydroxylation is 2. The Bertz CT molecular complexity index is 651. The van der Waals surface area contributed by atoms with Gasteiger partial charge in [0.1, 0.15) is 5.58 Å². The third-order valence-electron chi connectivity index (χ3n) is 3.87. The van der Waals surface area contributed by atoms with Gasteiger partial charge in [-0.2, -0.15) is 0 Å². The molecule has 4 nitrogen and oxygen atoms in total. The van der Waals surface area contributed by atoms with Crippen molar-refractivity contribution in [3.05, 3.63) is 35.1 Å². The molecular formula is C15H19ClN2O2. The molecule has 0 radical (unpaired) electrons. The largest absolute Gasteiger partial charge is 0.450 e. The Balaban J connectivity index is 0.00000147. The number of fused-ring (bicyclic) bond motifs is 1. The number of nitrogens with two attached hydrogens (primary N) is 1. The number of amides is 1. The molecule has 1 aromatic heterocycles. The lowest BCUT2D eigenvalue weighted by Gasteiger charge is -2.14. The minimum Gasteiger partial charge on any atom is -0.450 e. The second-order valence-corrected chi connectivity index (χ2v) is 5.31. The van der Waals surface area contributed by atoms with Crippen LogP contribution in [0.4, 0.5) is 0 Å². The van der Waals surface area contributed by atoms with E-state index < -0.39 is 0 Å². The van der Waals surface area contributed by atoms with Gasteiger partial charge in [0.25, 0.3) is 5.91 Å². The van der Waals surface area contributed by atoms with E-state index >= 15 is 0 Å². The summed E-state index contributed by atoms with van der Waals surface area (Å²) < 4.78 is 5.81. The van der Waals surface area contributed by atoms with Crippen LogP contribution in [0.1, 0.15) is 28.1 Å². The average molecular weight is 295 g/mol. The van der Waals surface area contributed by atoms with Crippen molar-refractivity contribution >= 4 is 29.3 Å². The van der Waals surface area contributed by atoms with Crippen LogP contribution >= 0.6 is 12.4 Å². The Hall–Kier alpha value is -1.52. The lowest BCUT2D eigenvalue weighted by Crippen LogP contribution is -2.31. The van der Waals surface area contributed by atoms with Gasteiger partial charge in [0.2, 0.25) is 0 Å². The smallest absolute Gasteiger partial charge is 0.289 e.